The van der Waals surface area contributed by atoms with Gasteiger partial charge in [0.05, 0.1) is 0 Å². The summed E-state index contributed by atoms with van der Waals surface area (Å²) in [5, 5.41) is 5.73. The van der Waals surface area contributed by atoms with E-state index in [0.29, 0.717) is 135 Å². The first kappa shape index (κ1) is 89.8. The number of nitrogens with one attached hydrogen (secondary N) is 2. The van der Waals surface area contributed by atoms with Crippen molar-refractivity contribution in [3.05, 3.63) is 23.8 Å². The van der Waals surface area contributed by atoms with E-state index in [0.717, 1.165) is 154 Å². The molecule has 0 aliphatic heterocycles. The fraction of sp³-hybridized carbons (Fsp3) is 0.822. The summed E-state index contributed by atoms with van der Waals surface area (Å²) in [6.07, 6.45) is 25.4. The number of amides is 2. The molecule has 1 aromatic carbocycles. The second kappa shape index (κ2) is 63.0. The van der Waals surface area contributed by atoms with Crippen LogP contribution in [0.3, 0.4) is 0 Å². The highest BCUT2D eigenvalue weighted by molar-refractivity contribution is 8.03. The lowest BCUT2D eigenvalue weighted by Gasteiger charge is -2.21. The molecule has 2 N–H and O–H groups in total. The maximum absolute atomic E-state index is 14.8. The van der Waals surface area contributed by atoms with Crippen LogP contribution in [0.5, 0.6) is 11.5 Å². The third kappa shape index (κ3) is 56.3. The van der Waals surface area contributed by atoms with E-state index in [1.807, 2.05) is 0 Å². The first-order valence-electron chi connectivity index (χ1n) is 36.4. The van der Waals surface area contributed by atoms with Crippen molar-refractivity contribution in [3.8, 4) is 11.5 Å². The zero-order valence-electron chi connectivity index (χ0n) is 60.1. The Labute approximate surface area is 596 Å². The smallest absolute Gasteiger partial charge is 0.407 e. The SMILES string of the molecule is CCCCCCCC(=O)OCCSCC(COc1cc(OCC(CSCCOC(=O)CCCCCCC)SCCOC(=O)CCCCCCC)cc(C(=O)CC(CCCCNC(=O)OC(C)(C)C)C(=O)NCCSCCCOCCC)c1)SCCOC(=O)CCCCCCC. The Kier molecular flexibility index (Phi) is 59.6. The number of thioether (sulfide) groups is 5. The molecule has 0 fully saturated rings. The van der Waals surface area contributed by atoms with Gasteiger partial charge >= 0.3 is 30.0 Å². The van der Waals surface area contributed by atoms with E-state index in [-0.39, 0.29) is 78.9 Å². The third-order valence-corrected chi connectivity index (χ3v) is 21.0. The van der Waals surface area contributed by atoms with Crippen molar-refractivity contribution in [1.29, 1.82) is 0 Å². The zero-order valence-corrected chi connectivity index (χ0v) is 64.2. The van der Waals surface area contributed by atoms with Crippen LogP contribution < -0.4 is 20.1 Å². The van der Waals surface area contributed by atoms with Gasteiger partial charge in [-0.05, 0) is 90.0 Å². The Hall–Kier alpha value is -3.18. The van der Waals surface area contributed by atoms with Gasteiger partial charge in [-0.1, -0.05) is 144 Å². The van der Waals surface area contributed by atoms with Gasteiger partial charge in [-0.25, -0.2) is 4.79 Å². The summed E-state index contributed by atoms with van der Waals surface area (Å²) in [4.78, 5) is 91.9. The first-order chi connectivity index (χ1) is 46.0. The molecule has 1 aromatic rings. The number of unbranched alkanes of at least 4 members (excludes halogenated alkanes) is 17. The largest absolute Gasteiger partial charge is 0.492 e. The third-order valence-electron chi connectivity index (χ3n) is 14.9. The number of esters is 4. The number of hydrogen-bond acceptors (Lipinski definition) is 20. The van der Waals surface area contributed by atoms with Crippen LogP contribution in [0.25, 0.3) is 0 Å². The number of benzene rings is 1. The summed E-state index contributed by atoms with van der Waals surface area (Å²) in [5.41, 5.74) is -0.323. The van der Waals surface area contributed by atoms with Gasteiger partial charge in [0.1, 0.15) is 56.7 Å². The maximum Gasteiger partial charge on any atom is 0.407 e. The highest BCUT2D eigenvalue weighted by Gasteiger charge is 2.25. The van der Waals surface area contributed by atoms with E-state index < -0.39 is 17.6 Å². The molecule has 0 saturated carbocycles. The van der Waals surface area contributed by atoms with Crippen molar-refractivity contribution in [3.63, 3.8) is 0 Å². The number of ether oxygens (including phenoxy) is 8. The molecule has 0 saturated heterocycles. The van der Waals surface area contributed by atoms with Gasteiger partial charge in [0, 0.05) is 127 Å². The Morgan fingerprint density at radius 2 is 0.874 bits per heavy atom. The Balaban J connectivity index is 3.59. The summed E-state index contributed by atoms with van der Waals surface area (Å²) >= 11 is 8.31. The van der Waals surface area contributed by atoms with Crippen LogP contribution in [0.2, 0.25) is 0 Å². The van der Waals surface area contributed by atoms with E-state index in [4.69, 9.17) is 37.9 Å². The summed E-state index contributed by atoms with van der Waals surface area (Å²) < 4.78 is 46.9. The molecule has 0 aliphatic rings. The van der Waals surface area contributed by atoms with E-state index in [1.165, 1.54) is 0 Å². The number of carbonyl (C=O) groups is 7. The van der Waals surface area contributed by atoms with Gasteiger partial charge in [-0.3, -0.25) is 28.8 Å². The summed E-state index contributed by atoms with van der Waals surface area (Å²) in [7, 11) is 0. The summed E-state index contributed by atoms with van der Waals surface area (Å²) in [6.45, 7) is 20.0. The molecule has 0 heterocycles. The average molecular weight is 1430 g/mol. The molecule has 550 valence electrons. The Morgan fingerprint density at radius 1 is 0.432 bits per heavy atom. The second-order valence-corrected chi connectivity index (χ2v) is 31.4. The molecule has 0 aromatic heterocycles. The van der Waals surface area contributed by atoms with Crippen molar-refractivity contribution in [1.82, 2.24) is 10.6 Å². The molecule has 22 heteroatoms. The van der Waals surface area contributed by atoms with E-state index >= 15 is 0 Å². The minimum atomic E-state index is -0.665. The van der Waals surface area contributed by atoms with Crippen molar-refractivity contribution in [2.75, 3.05) is 112 Å². The van der Waals surface area contributed by atoms with Crippen LogP contribution in [-0.4, -0.2) is 170 Å². The van der Waals surface area contributed by atoms with Crippen LogP contribution in [0.4, 0.5) is 4.79 Å². The fourth-order valence-electron chi connectivity index (χ4n) is 9.64. The van der Waals surface area contributed by atoms with Gasteiger partial charge in [0.2, 0.25) is 5.91 Å². The number of alkyl carbamates (subject to hydrolysis) is 1. The van der Waals surface area contributed by atoms with Crippen molar-refractivity contribution in [2.24, 2.45) is 5.92 Å². The Bertz CT molecular complexity index is 2030. The molecule has 3 atom stereocenters. The maximum atomic E-state index is 14.8. The number of hydrogen-bond donors (Lipinski definition) is 2. The highest BCUT2D eigenvalue weighted by Crippen LogP contribution is 2.29. The molecule has 3 unspecified atom stereocenters. The molecule has 1 rings (SSSR count). The molecule has 0 aliphatic carbocycles. The highest BCUT2D eigenvalue weighted by atomic mass is 32.2. The minimum absolute atomic E-state index is 0.0812. The fourth-order valence-corrected chi connectivity index (χ4v) is 14.6. The lowest BCUT2D eigenvalue weighted by molar-refractivity contribution is -0.144. The molecule has 0 radical (unpaired) electrons. The molecular weight excluding hydrogens is 1310 g/mol. The van der Waals surface area contributed by atoms with E-state index in [9.17, 15) is 33.6 Å². The number of rotatable bonds is 66. The van der Waals surface area contributed by atoms with Crippen LogP contribution in [0.1, 0.15) is 258 Å². The average Bonchev–Trinajstić information content (AvgIpc) is 0.861. The first-order valence-corrected chi connectivity index (χ1v) is 41.9. The van der Waals surface area contributed by atoms with Crippen LogP contribution >= 0.6 is 58.8 Å². The number of ketones is 1. The summed E-state index contributed by atoms with van der Waals surface area (Å²) in [6, 6.07) is 5.20. The minimum Gasteiger partial charge on any atom is -0.492 e. The molecule has 0 bridgehead atoms. The molecule has 17 nitrogen and oxygen atoms in total. The predicted octanol–water partition coefficient (Wildman–Crippen LogP) is 17.3. The standard InChI is InChI=1S/C73H128N2O15S5/c1-9-14-18-22-26-34-67(77)84-42-48-92-58-64(94-50-44-86-69(79)36-28-24-20-16-11-3)56-88-62-52-61(66(76)54-60(33-30-31-38-75-72(82)90-73(6,7)8)71(81)74-39-47-91-46-32-41-83-40-13-5)53-63(55-62)89-57-65(95-51-45-87-70(80)37-29-25-21-17-12-4)59-93-49-43-85-68(78)35-27-23-19-15-10-2/h52-53,55,60,64-65H,9-51,54,56-59H2,1-8H3,(H,74,81)(H,75,82). The summed E-state index contributed by atoms with van der Waals surface area (Å²) in [5.74, 6) is 4.09. The van der Waals surface area contributed by atoms with Gasteiger partial charge in [-0.15, -0.1) is 0 Å². The van der Waals surface area contributed by atoms with Crippen LogP contribution in [-0.2, 0) is 52.4 Å². The van der Waals surface area contributed by atoms with Gasteiger partial charge in [-0.2, -0.15) is 58.8 Å². The van der Waals surface area contributed by atoms with Crippen LogP contribution in [0, 0.1) is 5.92 Å². The number of carbonyl (C=O) groups excluding carboxylic acids is 7. The quantitative estimate of drug-likeness (QED) is 0.0268. The van der Waals surface area contributed by atoms with Gasteiger partial charge in [0.25, 0.3) is 0 Å². The second-order valence-electron chi connectivity index (χ2n) is 25.1. The van der Waals surface area contributed by atoms with Crippen LogP contribution in [0.15, 0.2) is 18.2 Å². The van der Waals surface area contributed by atoms with Crippen molar-refractivity contribution < 1.29 is 71.5 Å². The lowest BCUT2D eigenvalue weighted by Crippen LogP contribution is -2.34. The molecule has 95 heavy (non-hydrogen) atoms. The molecule has 0 spiro atoms. The zero-order chi connectivity index (χ0) is 69.7. The predicted molar refractivity (Wildman–Crippen MR) is 399 cm³/mol. The molecule has 2 amide bonds. The lowest BCUT2D eigenvalue weighted by atomic mass is 9.92. The Morgan fingerprint density at radius 3 is 1.31 bits per heavy atom. The number of Topliss-reactive ketones (excluding diaryl/α,β-unsaturated/α-hetero) is 1. The van der Waals surface area contributed by atoms with E-state index in [1.54, 1.807) is 97.8 Å². The topological polar surface area (TPSA) is 217 Å². The van der Waals surface area contributed by atoms with Crippen molar-refractivity contribution >= 4 is 100 Å². The van der Waals surface area contributed by atoms with Gasteiger partial charge in [0.15, 0.2) is 5.78 Å². The van der Waals surface area contributed by atoms with Gasteiger partial charge < -0.3 is 48.5 Å². The van der Waals surface area contributed by atoms with E-state index in [2.05, 4.69) is 45.3 Å². The normalized spacial score (nSPS) is 12.3. The van der Waals surface area contributed by atoms with Crippen molar-refractivity contribution in [2.45, 2.75) is 264 Å². The monoisotopic (exact) mass is 1430 g/mol. The molecular formula is C73H128N2O15S5.